The van der Waals surface area contributed by atoms with E-state index in [0.717, 1.165) is 23.7 Å². The Kier molecular flexibility index (Phi) is 3.58. The molecule has 0 amide bonds. The summed E-state index contributed by atoms with van der Waals surface area (Å²) in [4.78, 5) is 0. The smallest absolute Gasteiger partial charge is 0.0203 e. The highest BCUT2D eigenvalue weighted by Gasteiger charge is 2.33. The summed E-state index contributed by atoms with van der Waals surface area (Å²) in [5.41, 5.74) is 1.50. The fourth-order valence-corrected chi connectivity index (χ4v) is 2.86. The molecule has 0 heteroatoms. The summed E-state index contributed by atoms with van der Waals surface area (Å²) in [6.45, 7) is 13.6. The van der Waals surface area contributed by atoms with Gasteiger partial charge in [-0.3, -0.25) is 0 Å². The van der Waals surface area contributed by atoms with Crippen LogP contribution in [0.4, 0.5) is 0 Å². The van der Waals surface area contributed by atoms with Gasteiger partial charge < -0.3 is 0 Å². The molecule has 0 aliphatic heterocycles. The number of rotatable bonds is 2. The molecule has 0 aromatic rings. The molecule has 0 bridgehead atoms. The standard InChI is InChI=1S/C13H24/c1-6-12-8-13(7-2)11(5)9(3)10(12)4/h10-13H,3,6-8H2,1-2,4-5H3. The van der Waals surface area contributed by atoms with Crippen molar-refractivity contribution in [2.24, 2.45) is 23.7 Å². The molecular weight excluding hydrogens is 156 g/mol. The van der Waals surface area contributed by atoms with Gasteiger partial charge in [-0.05, 0) is 30.1 Å². The van der Waals surface area contributed by atoms with Gasteiger partial charge >= 0.3 is 0 Å². The van der Waals surface area contributed by atoms with E-state index in [4.69, 9.17) is 0 Å². The Bertz CT molecular complexity index is 162. The van der Waals surface area contributed by atoms with Crippen LogP contribution in [0.1, 0.15) is 47.0 Å². The van der Waals surface area contributed by atoms with E-state index >= 15 is 0 Å². The van der Waals surface area contributed by atoms with Crippen LogP contribution < -0.4 is 0 Å². The van der Waals surface area contributed by atoms with Gasteiger partial charge in [-0.25, -0.2) is 0 Å². The van der Waals surface area contributed by atoms with E-state index in [1.165, 1.54) is 24.8 Å². The summed E-state index contributed by atoms with van der Waals surface area (Å²) in [5, 5.41) is 0. The lowest BCUT2D eigenvalue weighted by atomic mass is 9.65. The lowest BCUT2D eigenvalue weighted by molar-refractivity contribution is 0.191. The van der Waals surface area contributed by atoms with E-state index < -0.39 is 0 Å². The van der Waals surface area contributed by atoms with Crippen molar-refractivity contribution in [2.45, 2.75) is 47.0 Å². The Labute approximate surface area is 83.4 Å². The summed E-state index contributed by atoms with van der Waals surface area (Å²) >= 11 is 0. The Morgan fingerprint density at radius 3 is 1.77 bits per heavy atom. The van der Waals surface area contributed by atoms with Gasteiger partial charge in [0.05, 0.1) is 0 Å². The molecule has 1 aliphatic rings. The molecule has 0 spiro atoms. The maximum Gasteiger partial charge on any atom is -0.0203 e. The zero-order valence-corrected chi connectivity index (χ0v) is 9.64. The third-order valence-electron chi connectivity index (χ3n) is 4.24. The second kappa shape index (κ2) is 4.30. The fourth-order valence-electron chi connectivity index (χ4n) is 2.86. The lowest BCUT2D eigenvalue weighted by Gasteiger charge is -2.40. The molecule has 0 aromatic heterocycles. The second-order valence-electron chi connectivity index (χ2n) is 4.72. The first kappa shape index (κ1) is 10.8. The minimum atomic E-state index is 0.753. The summed E-state index contributed by atoms with van der Waals surface area (Å²) in [7, 11) is 0. The molecule has 0 N–H and O–H groups in total. The number of hydrogen-bond donors (Lipinski definition) is 0. The predicted octanol–water partition coefficient (Wildman–Crippen LogP) is 4.27. The highest BCUT2D eigenvalue weighted by Crippen LogP contribution is 2.43. The Balaban J connectivity index is 2.72. The van der Waals surface area contributed by atoms with Gasteiger partial charge in [0.1, 0.15) is 0 Å². The first-order valence-corrected chi connectivity index (χ1v) is 5.80. The molecule has 0 heterocycles. The van der Waals surface area contributed by atoms with Crippen molar-refractivity contribution in [3.05, 3.63) is 12.2 Å². The van der Waals surface area contributed by atoms with Crippen molar-refractivity contribution in [1.29, 1.82) is 0 Å². The van der Waals surface area contributed by atoms with Crippen LogP contribution in [-0.2, 0) is 0 Å². The molecule has 0 radical (unpaired) electrons. The lowest BCUT2D eigenvalue weighted by Crippen LogP contribution is -2.30. The van der Waals surface area contributed by atoms with Gasteiger partial charge in [0.15, 0.2) is 0 Å². The van der Waals surface area contributed by atoms with Crippen LogP contribution in [0.2, 0.25) is 0 Å². The summed E-state index contributed by atoms with van der Waals surface area (Å²) < 4.78 is 0. The summed E-state index contributed by atoms with van der Waals surface area (Å²) in [6.07, 6.45) is 4.07. The number of allylic oxidation sites excluding steroid dienone is 1. The third kappa shape index (κ3) is 1.98. The molecule has 13 heavy (non-hydrogen) atoms. The van der Waals surface area contributed by atoms with Crippen LogP contribution in [0, 0.1) is 23.7 Å². The van der Waals surface area contributed by atoms with Crippen LogP contribution in [0.25, 0.3) is 0 Å². The van der Waals surface area contributed by atoms with Crippen LogP contribution >= 0.6 is 0 Å². The molecule has 4 atom stereocenters. The molecule has 4 unspecified atom stereocenters. The van der Waals surface area contributed by atoms with Gasteiger partial charge in [-0.15, -0.1) is 0 Å². The van der Waals surface area contributed by atoms with Crippen LogP contribution in [0.3, 0.4) is 0 Å². The van der Waals surface area contributed by atoms with Gasteiger partial charge in [-0.2, -0.15) is 0 Å². The Hall–Kier alpha value is -0.260. The van der Waals surface area contributed by atoms with Crippen molar-refractivity contribution in [1.82, 2.24) is 0 Å². The van der Waals surface area contributed by atoms with E-state index in [9.17, 15) is 0 Å². The third-order valence-corrected chi connectivity index (χ3v) is 4.24. The van der Waals surface area contributed by atoms with Gasteiger partial charge in [-0.1, -0.05) is 52.7 Å². The highest BCUT2D eigenvalue weighted by atomic mass is 14.4. The fraction of sp³-hybridized carbons (Fsp3) is 0.846. The summed E-state index contributed by atoms with van der Waals surface area (Å²) in [6, 6.07) is 0. The molecule has 76 valence electrons. The minimum absolute atomic E-state index is 0.753. The predicted molar refractivity (Wildman–Crippen MR) is 59.6 cm³/mol. The Morgan fingerprint density at radius 2 is 1.46 bits per heavy atom. The van der Waals surface area contributed by atoms with Gasteiger partial charge in [0.2, 0.25) is 0 Å². The zero-order valence-electron chi connectivity index (χ0n) is 9.64. The molecule has 1 fully saturated rings. The highest BCUT2D eigenvalue weighted by molar-refractivity contribution is 5.10. The molecule has 0 nitrogen and oxygen atoms in total. The van der Waals surface area contributed by atoms with Crippen molar-refractivity contribution in [3.8, 4) is 0 Å². The second-order valence-corrected chi connectivity index (χ2v) is 4.72. The van der Waals surface area contributed by atoms with E-state index in [-0.39, 0.29) is 0 Å². The van der Waals surface area contributed by atoms with E-state index in [1.807, 2.05) is 0 Å². The monoisotopic (exact) mass is 180 g/mol. The molecule has 1 saturated carbocycles. The van der Waals surface area contributed by atoms with Crippen LogP contribution in [0.15, 0.2) is 12.2 Å². The van der Waals surface area contributed by atoms with Crippen molar-refractivity contribution < 1.29 is 0 Å². The summed E-state index contributed by atoms with van der Waals surface area (Å²) in [5.74, 6) is 3.30. The quantitative estimate of drug-likeness (QED) is 0.557. The maximum atomic E-state index is 4.27. The van der Waals surface area contributed by atoms with E-state index in [0.29, 0.717) is 0 Å². The molecular formula is C13H24. The van der Waals surface area contributed by atoms with Crippen molar-refractivity contribution in [3.63, 3.8) is 0 Å². The largest absolute Gasteiger partial charge is 0.0993 e. The molecule has 1 aliphatic carbocycles. The van der Waals surface area contributed by atoms with Crippen LogP contribution in [0.5, 0.6) is 0 Å². The normalized spacial score (nSPS) is 40.8. The SMILES string of the molecule is C=C1C(C)C(CC)CC(CC)C1C. The molecule has 1 rings (SSSR count). The van der Waals surface area contributed by atoms with E-state index in [2.05, 4.69) is 34.3 Å². The van der Waals surface area contributed by atoms with Crippen molar-refractivity contribution in [2.75, 3.05) is 0 Å². The van der Waals surface area contributed by atoms with Gasteiger partial charge in [0, 0.05) is 0 Å². The maximum absolute atomic E-state index is 4.27. The minimum Gasteiger partial charge on any atom is -0.0993 e. The Morgan fingerprint density at radius 1 is 1.08 bits per heavy atom. The average Bonchev–Trinajstić information content (AvgIpc) is 2.15. The topological polar surface area (TPSA) is 0 Å². The zero-order chi connectivity index (χ0) is 10.0. The van der Waals surface area contributed by atoms with Gasteiger partial charge in [0.25, 0.3) is 0 Å². The van der Waals surface area contributed by atoms with E-state index in [1.54, 1.807) is 0 Å². The van der Waals surface area contributed by atoms with Crippen LogP contribution in [-0.4, -0.2) is 0 Å². The molecule has 0 saturated heterocycles. The number of hydrogen-bond acceptors (Lipinski definition) is 0. The average molecular weight is 180 g/mol. The van der Waals surface area contributed by atoms with Crippen molar-refractivity contribution >= 4 is 0 Å². The molecule has 0 aromatic carbocycles. The first-order chi connectivity index (χ1) is 6.11. The first-order valence-electron chi connectivity index (χ1n) is 5.80.